The second-order valence-corrected chi connectivity index (χ2v) is 12.0. The van der Waals surface area contributed by atoms with Crippen molar-refractivity contribution < 1.29 is 9.59 Å². The van der Waals surface area contributed by atoms with Crippen molar-refractivity contribution in [3.63, 3.8) is 0 Å². The van der Waals surface area contributed by atoms with E-state index in [-0.39, 0.29) is 22.5 Å². The number of carbonyl (C=O) groups excluding carboxylic acids is 2. The number of nitrogens with one attached hydrogen (secondary N) is 1. The predicted molar refractivity (Wildman–Crippen MR) is 166 cm³/mol. The van der Waals surface area contributed by atoms with Gasteiger partial charge in [0.1, 0.15) is 0 Å². The van der Waals surface area contributed by atoms with Gasteiger partial charge in [-0.3, -0.25) is 9.59 Å². The van der Waals surface area contributed by atoms with Crippen molar-refractivity contribution in [3.8, 4) is 0 Å². The Morgan fingerprint density at radius 3 is 1.88 bits per heavy atom. The zero-order valence-electron chi connectivity index (χ0n) is 24.9. The monoisotopic (exact) mass is 535 g/mol. The van der Waals surface area contributed by atoms with Crippen molar-refractivity contribution in [1.82, 2.24) is 0 Å². The molecule has 1 N–H and O–H groups in total. The van der Waals surface area contributed by atoms with Crippen molar-refractivity contribution in [2.45, 2.75) is 72.1 Å². The lowest BCUT2D eigenvalue weighted by molar-refractivity contribution is -0.114. The molecule has 2 aliphatic heterocycles. The van der Waals surface area contributed by atoms with Gasteiger partial charge in [-0.1, -0.05) is 58.0 Å². The molecule has 3 aliphatic rings. The van der Waals surface area contributed by atoms with E-state index in [1.807, 2.05) is 12.1 Å². The number of carbonyl (C=O) groups is 2. The Hall–Kier alpha value is -3.86. The molecule has 0 saturated heterocycles. The largest absolute Gasteiger partial charge is 0.344 e. The number of likely N-dealkylation sites (N-methyl/N-ethyl adjacent to an activating group) is 2. The number of allylic oxidation sites excluding steroid dienone is 8. The maximum absolute atomic E-state index is 13.5. The second-order valence-electron chi connectivity index (χ2n) is 12.0. The SMILES string of the molecule is CCN1/C(=C\C=C2\CC/C(=C\C=C3\N(CC)c4ccc(NC(C)=O)cc4C3(C)C)C2=O)C(C)(C)c2ccccc21. The van der Waals surface area contributed by atoms with Gasteiger partial charge in [0.15, 0.2) is 5.78 Å². The molecule has 5 heteroatoms. The van der Waals surface area contributed by atoms with Gasteiger partial charge in [-0.05, 0) is 74.2 Å². The maximum Gasteiger partial charge on any atom is 0.221 e. The van der Waals surface area contributed by atoms with Crippen molar-refractivity contribution in [2.75, 3.05) is 28.2 Å². The van der Waals surface area contributed by atoms with Gasteiger partial charge in [0.25, 0.3) is 0 Å². The molecule has 0 spiro atoms. The van der Waals surface area contributed by atoms with Crippen molar-refractivity contribution in [2.24, 2.45) is 0 Å². The van der Waals surface area contributed by atoms with E-state index in [2.05, 4.69) is 111 Å². The number of rotatable bonds is 5. The number of hydrogen-bond donors (Lipinski definition) is 1. The Balaban J connectivity index is 1.42. The number of nitrogens with zero attached hydrogens (tertiary/aromatic N) is 2. The van der Waals surface area contributed by atoms with Gasteiger partial charge >= 0.3 is 0 Å². The number of para-hydroxylation sites is 1. The average molecular weight is 536 g/mol. The zero-order chi connectivity index (χ0) is 28.8. The minimum atomic E-state index is -0.256. The van der Waals surface area contributed by atoms with Gasteiger partial charge < -0.3 is 15.1 Å². The molecule has 0 aromatic heterocycles. The van der Waals surface area contributed by atoms with Crippen molar-refractivity contribution in [3.05, 3.63) is 100 Å². The third kappa shape index (κ3) is 4.51. The first kappa shape index (κ1) is 27.7. The molecular weight excluding hydrogens is 494 g/mol. The van der Waals surface area contributed by atoms with E-state index in [1.165, 1.54) is 29.4 Å². The molecule has 1 aliphatic carbocycles. The Bertz CT molecular complexity index is 1500. The summed E-state index contributed by atoms with van der Waals surface area (Å²) in [5.74, 6) is 0.0701. The van der Waals surface area contributed by atoms with Crippen LogP contribution in [0.1, 0.15) is 72.4 Å². The molecule has 5 rings (SSSR count). The van der Waals surface area contributed by atoms with Crippen LogP contribution in [0.25, 0.3) is 0 Å². The van der Waals surface area contributed by atoms with Crippen LogP contribution in [0.4, 0.5) is 17.1 Å². The molecule has 2 aromatic rings. The molecule has 1 fully saturated rings. The van der Waals surface area contributed by atoms with Gasteiger partial charge in [-0.2, -0.15) is 0 Å². The zero-order valence-corrected chi connectivity index (χ0v) is 24.9. The number of hydrogen-bond acceptors (Lipinski definition) is 4. The summed E-state index contributed by atoms with van der Waals surface area (Å²) >= 11 is 0. The fourth-order valence-electron chi connectivity index (χ4n) is 6.66. The number of fused-ring (bicyclic) bond motifs is 2. The fraction of sp³-hybridized carbons (Fsp3) is 0.371. The number of amides is 1. The smallest absolute Gasteiger partial charge is 0.221 e. The first-order chi connectivity index (χ1) is 19.0. The average Bonchev–Trinajstić information content (AvgIpc) is 3.45. The molecule has 40 heavy (non-hydrogen) atoms. The molecule has 2 aromatic carbocycles. The molecule has 2 heterocycles. The highest BCUT2D eigenvalue weighted by Crippen LogP contribution is 2.49. The lowest BCUT2D eigenvalue weighted by Gasteiger charge is -2.26. The Kier molecular flexibility index (Phi) is 7.11. The van der Waals surface area contributed by atoms with Crippen LogP contribution >= 0.6 is 0 Å². The van der Waals surface area contributed by atoms with Crippen LogP contribution in [-0.4, -0.2) is 24.8 Å². The summed E-state index contributed by atoms with van der Waals surface area (Å²) in [6, 6.07) is 14.7. The van der Waals surface area contributed by atoms with Crippen LogP contribution in [0.3, 0.4) is 0 Å². The summed E-state index contributed by atoms with van der Waals surface area (Å²) in [5.41, 5.74) is 9.49. The minimum absolute atomic E-state index is 0.0775. The van der Waals surface area contributed by atoms with Crippen LogP contribution in [0.5, 0.6) is 0 Å². The first-order valence-electron chi connectivity index (χ1n) is 14.4. The predicted octanol–water partition coefficient (Wildman–Crippen LogP) is 7.56. The van der Waals surface area contributed by atoms with Crippen LogP contribution in [0, 0.1) is 0 Å². The van der Waals surface area contributed by atoms with E-state index in [1.54, 1.807) is 0 Å². The van der Waals surface area contributed by atoms with Crippen LogP contribution in [0.2, 0.25) is 0 Å². The summed E-state index contributed by atoms with van der Waals surface area (Å²) in [5, 5.41) is 2.91. The molecule has 5 nitrogen and oxygen atoms in total. The standard InChI is InChI=1S/C35H41N3O2/c1-8-37-29-13-11-10-12-27(29)34(4,5)31(37)20-16-24-14-15-25(33(24)40)17-21-32-35(6,7)28-22-26(36-23(3)39)18-19-30(28)38(32)9-2/h10-13,16-22H,8-9,14-15H2,1-7H3,(H,36,39)/b24-16-,25-17+,31-20-,32-21+. The first-order valence-corrected chi connectivity index (χ1v) is 14.4. The third-order valence-electron chi connectivity index (χ3n) is 8.78. The fourth-order valence-corrected chi connectivity index (χ4v) is 6.66. The number of ketones is 1. The van der Waals surface area contributed by atoms with E-state index < -0.39 is 0 Å². The lowest BCUT2D eigenvalue weighted by Crippen LogP contribution is -2.25. The van der Waals surface area contributed by atoms with Gasteiger partial charge in [0, 0.05) is 70.4 Å². The summed E-state index contributed by atoms with van der Waals surface area (Å²) < 4.78 is 0. The van der Waals surface area contributed by atoms with Crippen LogP contribution < -0.4 is 15.1 Å². The Morgan fingerprint density at radius 2 is 1.32 bits per heavy atom. The molecular formula is C35H41N3O2. The minimum Gasteiger partial charge on any atom is -0.344 e. The van der Waals surface area contributed by atoms with E-state index in [9.17, 15) is 9.59 Å². The Labute approximate surface area is 238 Å². The third-order valence-corrected chi connectivity index (χ3v) is 8.78. The lowest BCUT2D eigenvalue weighted by atomic mass is 9.83. The van der Waals surface area contributed by atoms with Gasteiger partial charge in [-0.15, -0.1) is 0 Å². The quantitative estimate of drug-likeness (QED) is 0.401. The molecule has 0 unspecified atom stereocenters. The second kappa shape index (κ2) is 10.3. The molecule has 1 amide bonds. The van der Waals surface area contributed by atoms with Gasteiger partial charge in [-0.25, -0.2) is 0 Å². The molecule has 0 radical (unpaired) electrons. The topological polar surface area (TPSA) is 52.6 Å². The molecule has 1 saturated carbocycles. The summed E-state index contributed by atoms with van der Waals surface area (Å²) in [6.45, 7) is 16.5. The van der Waals surface area contributed by atoms with E-state index in [4.69, 9.17) is 0 Å². The van der Waals surface area contributed by atoms with E-state index in [0.29, 0.717) is 0 Å². The Morgan fingerprint density at radius 1 is 0.800 bits per heavy atom. The van der Waals surface area contributed by atoms with Gasteiger partial charge in [0.2, 0.25) is 5.91 Å². The highest BCUT2D eigenvalue weighted by atomic mass is 16.1. The van der Waals surface area contributed by atoms with Crippen LogP contribution in [0.15, 0.2) is 89.3 Å². The maximum atomic E-state index is 13.5. The van der Waals surface area contributed by atoms with Crippen LogP contribution in [-0.2, 0) is 20.4 Å². The summed E-state index contributed by atoms with van der Waals surface area (Å²) in [4.78, 5) is 29.8. The highest BCUT2D eigenvalue weighted by Gasteiger charge is 2.40. The van der Waals surface area contributed by atoms with Crippen molar-refractivity contribution in [1.29, 1.82) is 0 Å². The highest BCUT2D eigenvalue weighted by molar-refractivity contribution is 6.11. The molecule has 0 bridgehead atoms. The van der Waals surface area contributed by atoms with E-state index in [0.717, 1.165) is 54.1 Å². The normalized spacial score (nSPS) is 23.0. The number of anilines is 3. The summed E-state index contributed by atoms with van der Waals surface area (Å²) in [7, 11) is 0. The van der Waals surface area contributed by atoms with E-state index >= 15 is 0 Å². The van der Waals surface area contributed by atoms with Crippen molar-refractivity contribution >= 4 is 28.8 Å². The number of Topliss-reactive ketones (excluding diaryl/α,β-unsaturated/α-hetero) is 1. The summed E-state index contributed by atoms with van der Waals surface area (Å²) in [6.07, 6.45) is 9.90. The molecule has 0 atom stereocenters. The number of benzene rings is 2. The van der Waals surface area contributed by atoms with Gasteiger partial charge in [0.05, 0.1) is 0 Å². The molecule has 208 valence electrons.